The molecule has 1 aromatic rings. The summed E-state index contributed by atoms with van der Waals surface area (Å²) in [4.78, 5) is 4.70. The van der Waals surface area contributed by atoms with Gasteiger partial charge in [-0.1, -0.05) is 0 Å². The van der Waals surface area contributed by atoms with E-state index in [1.54, 1.807) is 7.11 Å². The number of aromatic nitrogens is 3. The summed E-state index contributed by atoms with van der Waals surface area (Å²) >= 11 is 0. The summed E-state index contributed by atoms with van der Waals surface area (Å²) in [6.07, 6.45) is 4.55. The molecule has 27 heavy (non-hydrogen) atoms. The van der Waals surface area contributed by atoms with Crippen molar-refractivity contribution in [2.75, 3.05) is 40.0 Å². The van der Waals surface area contributed by atoms with Crippen LogP contribution in [0.4, 0.5) is 0 Å². The highest BCUT2D eigenvalue weighted by Crippen LogP contribution is 2.48. The molecule has 9 heteroatoms. The van der Waals surface area contributed by atoms with Gasteiger partial charge in [-0.05, 0) is 44.9 Å². The van der Waals surface area contributed by atoms with Gasteiger partial charge >= 0.3 is 0 Å². The topological polar surface area (TPSA) is 85.6 Å². The molecule has 1 saturated carbocycles. The van der Waals surface area contributed by atoms with Crippen LogP contribution < -0.4 is 10.6 Å². The molecule has 1 aromatic heterocycles. The van der Waals surface area contributed by atoms with E-state index in [-0.39, 0.29) is 24.0 Å². The minimum atomic E-state index is 0. The third-order valence-corrected chi connectivity index (χ3v) is 4.95. The summed E-state index contributed by atoms with van der Waals surface area (Å²) in [6.45, 7) is 8.54. The molecule has 1 heterocycles. The first-order valence-corrected chi connectivity index (χ1v) is 9.54. The second-order valence-electron chi connectivity index (χ2n) is 6.96. The van der Waals surface area contributed by atoms with Crippen molar-refractivity contribution in [2.45, 2.75) is 46.1 Å². The Morgan fingerprint density at radius 1 is 1.26 bits per heavy atom. The van der Waals surface area contributed by atoms with Crippen molar-refractivity contribution < 1.29 is 9.47 Å². The van der Waals surface area contributed by atoms with Gasteiger partial charge < -0.3 is 24.7 Å². The third-order valence-electron chi connectivity index (χ3n) is 4.95. The van der Waals surface area contributed by atoms with Crippen LogP contribution >= 0.6 is 24.0 Å². The van der Waals surface area contributed by atoms with E-state index in [0.717, 1.165) is 63.4 Å². The van der Waals surface area contributed by atoms with E-state index in [9.17, 15) is 0 Å². The van der Waals surface area contributed by atoms with Gasteiger partial charge in [0.15, 0.2) is 11.8 Å². The van der Waals surface area contributed by atoms with Crippen molar-refractivity contribution in [3.8, 4) is 0 Å². The molecule has 1 aliphatic rings. The number of methoxy groups -OCH3 is 1. The van der Waals surface area contributed by atoms with Gasteiger partial charge in [-0.3, -0.25) is 0 Å². The molecule has 1 fully saturated rings. The zero-order valence-corrected chi connectivity index (χ0v) is 19.4. The lowest BCUT2D eigenvalue weighted by Crippen LogP contribution is -2.41. The fraction of sp³-hybridized carbons (Fsp3) is 0.833. The predicted molar refractivity (Wildman–Crippen MR) is 118 cm³/mol. The van der Waals surface area contributed by atoms with Gasteiger partial charge in [0.05, 0.1) is 0 Å². The molecule has 0 aliphatic heterocycles. The lowest BCUT2D eigenvalue weighted by atomic mass is 10.0. The fourth-order valence-corrected chi connectivity index (χ4v) is 2.72. The van der Waals surface area contributed by atoms with Gasteiger partial charge in [-0.15, -0.1) is 34.2 Å². The van der Waals surface area contributed by atoms with Crippen molar-refractivity contribution in [1.29, 1.82) is 0 Å². The fourth-order valence-electron chi connectivity index (χ4n) is 2.72. The van der Waals surface area contributed by atoms with E-state index in [0.29, 0.717) is 12.0 Å². The summed E-state index contributed by atoms with van der Waals surface area (Å²) in [5, 5.41) is 15.2. The molecule has 156 valence electrons. The largest absolute Gasteiger partial charge is 0.385 e. The number of hydrogen-bond donors (Lipinski definition) is 2. The number of hydrogen-bond acceptors (Lipinski definition) is 5. The van der Waals surface area contributed by atoms with E-state index in [4.69, 9.17) is 14.5 Å². The van der Waals surface area contributed by atoms with Gasteiger partial charge in [0, 0.05) is 47.1 Å². The molecule has 2 N–H and O–H groups in total. The van der Waals surface area contributed by atoms with Crippen molar-refractivity contribution >= 4 is 29.9 Å². The lowest BCUT2D eigenvalue weighted by Gasteiger charge is -2.18. The van der Waals surface area contributed by atoms with E-state index in [1.807, 2.05) is 25.5 Å². The van der Waals surface area contributed by atoms with E-state index >= 15 is 0 Å². The van der Waals surface area contributed by atoms with Crippen molar-refractivity contribution in [3.63, 3.8) is 0 Å². The number of aryl methyl sites for hydroxylation is 1. The normalized spacial score (nSPS) is 15.3. The number of nitrogens with one attached hydrogen (secondary N) is 2. The number of ether oxygens (including phenoxy) is 2. The SMILES string of the molecule is CCOCCCNC(=NCc1nnc(C)n1C)NCC1(CCOC)CC1.I. The standard InChI is InChI=1S/C18H34N6O2.HI/c1-5-26-11-6-10-19-17(20-13-16-23-22-15(2)24(16)3)21-14-18(7-8-18)9-12-25-4;/h5-14H2,1-4H3,(H2,19,20,21);1H. The maximum absolute atomic E-state index is 5.40. The van der Waals surface area contributed by atoms with Crippen LogP contribution in [-0.2, 0) is 23.1 Å². The van der Waals surface area contributed by atoms with Gasteiger partial charge in [0.2, 0.25) is 0 Å². The Morgan fingerprint density at radius 3 is 2.63 bits per heavy atom. The Bertz CT molecular complexity index is 574. The van der Waals surface area contributed by atoms with Gasteiger partial charge in [-0.25, -0.2) is 4.99 Å². The lowest BCUT2D eigenvalue weighted by molar-refractivity contribution is 0.145. The third kappa shape index (κ3) is 8.30. The summed E-state index contributed by atoms with van der Waals surface area (Å²) in [5.41, 5.74) is 0.366. The van der Waals surface area contributed by atoms with Crippen LogP contribution in [-0.4, -0.2) is 60.7 Å². The Labute approximate surface area is 179 Å². The number of guanidine groups is 1. The van der Waals surface area contributed by atoms with Gasteiger partial charge in [0.25, 0.3) is 0 Å². The summed E-state index contributed by atoms with van der Waals surface area (Å²) < 4.78 is 12.6. The van der Waals surface area contributed by atoms with Crippen LogP contribution in [0.1, 0.15) is 44.3 Å². The number of nitrogens with zero attached hydrogens (tertiary/aromatic N) is 4. The maximum atomic E-state index is 5.40. The van der Waals surface area contributed by atoms with Crippen LogP contribution in [0.5, 0.6) is 0 Å². The zero-order chi connectivity index (χ0) is 18.8. The molecule has 0 spiro atoms. The van der Waals surface area contributed by atoms with Crippen LogP contribution in [0.25, 0.3) is 0 Å². The molecule has 0 amide bonds. The average molecular weight is 494 g/mol. The highest BCUT2D eigenvalue weighted by molar-refractivity contribution is 14.0. The average Bonchev–Trinajstić information content (AvgIpc) is 3.35. The molecular weight excluding hydrogens is 459 g/mol. The van der Waals surface area contributed by atoms with Crippen LogP contribution in [0.3, 0.4) is 0 Å². The van der Waals surface area contributed by atoms with E-state index < -0.39 is 0 Å². The Hall–Kier alpha value is -0.940. The second-order valence-corrected chi connectivity index (χ2v) is 6.96. The quantitative estimate of drug-likeness (QED) is 0.200. The van der Waals surface area contributed by atoms with E-state index in [1.165, 1.54) is 12.8 Å². The molecule has 0 bridgehead atoms. The minimum absolute atomic E-state index is 0. The molecule has 0 aromatic carbocycles. The molecule has 0 unspecified atom stereocenters. The van der Waals surface area contributed by atoms with Crippen LogP contribution in [0.2, 0.25) is 0 Å². The smallest absolute Gasteiger partial charge is 0.191 e. The molecule has 0 radical (unpaired) electrons. The number of rotatable bonds is 12. The first kappa shape index (κ1) is 24.1. The number of aliphatic imine (C=N–C) groups is 1. The van der Waals surface area contributed by atoms with Gasteiger partial charge in [0.1, 0.15) is 12.4 Å². The van der Waals surface area contributed by atoms with E-state index in [2.05, 4.69) is 20.8 Å². The predicted octanol–water partition coefficient (Wildman–Crippen LogP) is 2.02. The Morgan fingerprint density at radius 2 is 2.04 bits per heavy atom. The summed E-state index contributed by atoms with van der Waals surface area (Å²) in [7, 11) is 3.73. The van der Waals surface area contributed by atoms with Gasteiger partial charge in [-0.2, -0.15) is 0 Å². The van der Waals surface area contributed by atoms with Crippen LogP contribution in [0, 0.1) is 12.3 Å². The minimum Gasteiger partial charge on any atom is -0.385 e. The summed E-state index contributed by atoms with van der Waals surface area (Å²) in [6, 6.07) is 0. The van der Waals surface area contributed by atoms with Crippen molar-refractivity contribution in [1.82, 2.24) is 25.4 Å². The Balaban J connectivity index is 0.00000364. The van der Waals surface area contributed by atoms with Crippen LogP contribution in [0.15, 0.2) is 4.99 Å². The number of halogens is 1. The first-order chi connectivity index (χ1) is 12.6. The molecular formula is C18H35IN6O2. The monoisotopic (exact) mass is 494 g/mol. The zero-order valence-electron chi connectivity index (χ0n) is 17.1. The molecule has 0 atom stereocenters. The molecule has 2 rings (SSSR count). The summed E-state index contributed by atoms with van der Waals surface area (Å²) in [5.74, 6) is 2.58. The second kappa shape index (κ2) is 12.5. The molecule has 1 aliphatic carbocycles. The van der Waals surface area contributed by atoms with Crippen molar-refractivity contribution in [3.05, 3.63) is 11.6 Å². The molecule has 8 nitrogen and oxygen atoms in total. The molecule has 0 saturated heterocycles. The highest BCUT2D eigenvalue weighted by atomic mass is 127. The maximum Gasteiger partial charge on any atom is 0.191 e. The highest BCUT2D eigenvalue weighted by Gasteiger charge is 2.41. The van der Waals surface area contributed by atoms with Crippen molar-refractivity contribution in [2.24, 2.45) is 17.5 Å². The Kier molecular flexibility index (Phi) is 11.2. The first-order valence-electron chi connectivity index (χ1n) is 9.54.